The molecule has 6 heteroatoms. The zero-order valence-electron chi connectivity index (χ0n) is 20.3. The molecule has 3 aliphatic carbocycles. The molecule has 2 aromatic rings. The summed E-state index contributed by atoms with van der Waals surface area (Å²) < 4.78 is 5.71. The van der Waals surface area contributed by atoms with Crippen molar-refractivity contribution in [3.63, 3.8) is 0 Å². The number of aryl methyl sites for hydroxylation is 1. The topological polar surface area (TPSA) is 62.7 Å². The van der Waals surface area contributed by atoms with Gasteiger partial charge in [-0.2, -0.15) is 0 Å². The standard InChI is InChI=1S/C29H33ClN2O3/c1-3-26(35-2)21-7-4-18(21)15-32-16-29(11-10-17-5-9-25(28(33)34)31-27(17)32)14-19-12-22(19)23-13-20(30)6-8-24(23)29/h3,5-6,8-9,13,18-19,21-22,26H,1,4,7,10-12,14-16H2,2H3,(H,33,34)/t18-,19-,21+,22?,26-,29-/m0/s1. The van der Waals surface area contributed by atoms with Crippen LogP contribution in [0.5, 0.6) is 0 Å². The van der Waals surface area contributed by atoms with Gasteiger partial charge in [0.1, 0.15) is 5.82 Å². The Morgan fingerprint density at radius 3 is 2.94 bits per heavy atom. The van der Waals surface area contributed by atoms with Gasteiger partial charge in [-0.05, 0) is 97.1 Å². The van der Waals surface area contributed by atoms with E-state index < -0.39 is 5.97 Å². The highest BCUT2D eigenvalue weighted by Gasteiger charge is 2.53. The predicted octanol–water partition coefficient (Wildman–Crippen LogP) is 5.86. The van der Waals surface area contributed by atoms with Crippen LogP contribution in [0.3, 0.4) is 0 Å². The Bertz CT molecular complexity index is 1180. The van der Waals surface area contributed by atoms with Gasteiger partial charge in [0.2, 0.25) is 0 Å². The third-order valence-electron chi connectivity index (χ3n) is 9.26. The number of aromatic nitrogens is 1. The van der Waals surface area contributed by atoms with Crippen LogP contribution in [0.1, 0.15) is 65.2 Å². The summed E-state index contributed by atoms with van der Waals surface area (Å²) in [4.78, 5) is 18.9. The van der Waals surface area contributed by atoms with E-state index in [1.54, 1.807) is 13.2 Å². The minimum absolute atomic E-state index is 0.0278. The zero-order chi connectivity index (χ0) is 24.3. The van der Waals surface area contributed by atoms with Gasteiger partial charge in [0.05, 0.1) is 6.10 Å². The van der Waals surface area contributed by atoms with Crippen molar-refractivity contribution in [1.82, 2.24) is 4.98 Å². The number of nitrogens with zero attached hydrogens (tertiary/aromatic N) is 2. The maximum absolute atomic E-state index is 11.8. The number of hydrogen-bond donors (Lipinski definition) is 1. The first-order valence-electron chi connectivity index (χ1n) is 12.9. The van der Waals surface area contributed by atoms with Crippen LogP contribution >= 0.6 is 11.6 Å². The summed E-state index contributed by atoms with van der Waals surface area (Å²) in [6.45, 7) is 5.71. The van der Waals surface area contributed by atoms with Gasteiger partial charge in [-0.1, -0.05) is 29.8 Å². The lowest BCUT2D eigenvalue weighted by Crippen LogP contribution is -2.48. The number of methoxy groups -OCH3 is 1. The van der Waals surface area contributed by atoms with Crippen LogP contribution in [-0.4, -0.2) is 42.4 Å². The number of carboxylic acids is 1. The number of pyridine rings is 1. The molecule has 2 fully saturated rings. The molecule has 1 aromatic carbocycles. The number of ether oxygens (including phenoxy) is 1. The number of anilines is 1. The van der Waals surface area contributed by atoms with Crippen LogP contribution in [0, 0.1) is 17.8 Å². The van der Waals surface area contributed by atoms with Crippen LogP contribution in [-0.2, 0) is 16.6 Å². The van der Waals surface area contributed by atoms with Crippen molar-refractivity contribution in [2.75, 3.05) is 25.1 Å². The number of carboxylic acid groups (broad SMARTS) is 1. The van der Waals surface area contributed by atoms with Crippen molar-refractivity contribution >= 4 is 23.4 Å². The number of halogens is 1. The highest BCUT2D eigenvalue weighted by molar-refractivity contribution is 6.30. The SMILES string of the molecule is C=C[C@H](OC)[C@@H]1CC[C@H]1CN1C[C@]2(CCc3ccc(C(=O)O)nc31)C[C@@H]1CC1c1cc(Cl)ccc12. The van der Waals surface area contributed by atoms with Crippen LogP contribution in [0.25, 0.3) is 0 Å². The lowest BCUT2D eigenvalue weighted by atomic mass is 9.66. The number of benzene rings is 1. The normalized spacial score (nSPS) is 31.4. The highest BCUT2D eigenvalue weighted by Crippen LogP contribution is 2.62. The summed E-state index contributed by atoms with van der Waals surface area (Å²) in [6, 6.07) is 10.2. The molecule has 1 aliphatic heterocycles. The molecule has 6 rings (SSSR count). The summed E-state index contributed by atoms with van der Waals surface area (Å²) in [5.74, 6) is 2.16. The monoisotopic (exact) mass is 492 g/mol. The molecule has 0 saturated heterocycles. The molecule has 0 radical (unpaired) electrons. The van der Waals surface area contributed by atoms with Crippen molar-refractivity contribution in [2.24, 2.45) is 17.8 Å². The second kappa shape index (κ2) is 8.63. The predicted molar refractivity (Wildman–Crippen MR) is 138 cm³/mol. The number of aromatic carboxylic acids is 1. The largest absolute Gasteiger partial charge is 0.477 e. The molecule has 2 heterocycles. The zero-order valence-corrected chi connectivity index (χ0v) is 21.0. The van der Waals surface area contributed by atoms with Crippen molar-refractivity contribution in [3.8, 4) is 0 Å². The summed E-state index contributed by atoms with van der Waals surface area (Å²) >= 11 is 6.44. The maximum atomic E-state index is 11.8. The van der Waals surface area contributed by atoms with Crippen molar-refractivity contribution in [2.45, 2.75) is 56.0 Å². The van der Waals surface area contributed by atoms with Crippen molar-refractivity contribution < 1.29 is 14.6 Å². The van der Waals surface area contributed by atoms with E-state index in [0.29, 0.717) is 17.8 Å². The first-order chi connectivity index (χ1) is 16.9. The lowest BCUT2D eigenvalue weighted by Gasteiger charge is -2.46. The van der Waals surface area contributed by atoms with E-state index in [2.05, 4.69) is 23.6 Å². The fourth-order valence-corrected chi connectivity index (χ4v) is 7.45. The fraction of sp³-hybridized carbons (Fsp3) is 0.517. The van der Waals surface area contributed by atoms with Gasteiger partial charge in [-0.3, -0.25) is 0 Å². The first kappa shape index (κ1) is 23.1. The van der Waals surface area contributed by atoms with E-state index in [0.717, 1.165) is 61.1 Å². The molecule has 5 nitrogen and oxygen atoms in total. The van der Waals surface area contributed by atoms with Crippen molar-refractivity contribution in [1.29, 1.82) is 0 Å². The van der Waals surface area contributed by atoms with E-state index in [4.69, 9.17) is 21.3 Å². The van der Waals surface area contributed by atoms with Gasteiger partial charge in [0, 0.05) is 30.6 Å². The Hall–Kier alpha value is -2.37. The van der Waals surface area contributed by atoms with Gasteiger partial charge in [0.25, 0.3) is 0 Å². The van der Waals surface area contributed by atoms with E-state index in [1.807, 2.05) is 18.2 Å². The number of carbonyl (C=O) groups is 1. The molecular weight excluding hydrogens is 460 g/mol. The fourth-order valence-electron chi connectivity index (χ4n) is 7.27. The second-order valence-corrected chi connectivity index (χ2v) is 11.6. The van der Waals surface area contributed by atoms with Crippen LogP contribution < -0.4 is 4.90 Å². The summed E-state index contributed by atoms with van der Waals surface area (Å²) in [5.41, 5.74) is 4.19. The Morgan fingerprint density at radius 2 is 2.23 bits per heavy atom. The summed E-state index contributed by atoms with van der Waals surface area (Å²) in [7, 11) is 1.76. The Labute approximate surface area is 212 Å². The van der Waals surface area contributed by atoms with Gasteiger partial charge in [0.15, 0.2) is 5.69 Å². The molecule has 6 atom stereocenters. The molecule has 2 saturated carbocycles. The number of rotatable bonds is 6. The van der Waals surface area contributed by atoms with Gasteiger partial charge >= 0.3 is 5.97 Å². The maximum Gasteiger partial charge on any atom is 0.354 e. The van der Waals surface area contributed by atoms with E-state index in [1.165, 1.54) is 24.0 Å². The van der Waals surface area contributed by atoms with Crippen molar-refractivity contribution in [3.05, 3.63) is 70.4 Å². The van der Waals surface area contributed by atoms with E-state index in [9.17, 15) is 9.90 Å². The van der Waals surface area contributed by atoms with Crippen LogP contribution in [0.2, 0.25) is 5.02 Å². The van der Waals surface area contributed by atoms with Crippen LogP contribution in [0.15, 0.2) is 43.0 Å². The molecule has 184 valence electrons. The van der Waals surface area contributed by atoms with Gasteiger partial charge in [-0.25, -0.2) is 9.78 Å². The molecule has 1 aromatic heterocycles. The molecule has 0 amide bonds. The Kier molecular flexibility index (Phi) is 5.69. The number of fused-ring (bicyclic) bond motifs is 5. The average molecular weight is 493 g/mol. The number of hydrogen-bond acceptors (Lipinski definition) is 4. The quantitative estimate of drug-likeness (QED) is 0.512. The smallest absolute Gasteiger partial charge is 0.354 e. The highest BCUT2D eigenvalue weighted by atomic mass is 35.5. The molecule has 1 unspecified atom stereocenters. The lowest BCUT2D eigenvalue weighted by molar-refractivity contribution is 0.0135. The Balaban J connectivity index is 1.40. The summed E-state index contributed by atoms with van der Waals surface area (Å²) in [6.07, 6.45) is 8.64. The summed E-state index contributed by atoms with van der Waals surface area (Å²) in [5, 5.41) is 10.5. The van der Waals surface area contributed by atoms with E-state index in [-0.39, 0.29) is 17.2 Å². The van der Waals surface area contributed by atoms with Crippen LogP contribution in [0.4, 0.5) is 5.82 Å². The van der Waals surface area contributed by atoms with Gasteiger partial charge in [-0.15, -0.1) is 6.58 Å². The van der Waals surface area contributed by atoms with E-state index >= 15 is 0 Å². The molecule has 35 heavy (non-hydrogen) atoms. The minimum Gasteiger partial charge on any atom is -0.477 e. The first-order valence-corrected chi connectivity index (χ1v) is 13.2. The molecule has 4 aliphatic rings. The average Bonchev–Trinajstić information content (AvgIpc) is 3.63. The van der Waals surface area contributed by atoms with Gasteiger partial charge < -0.3 is 14.7 Å². The second-order valence-electron chi connectivity index (χ2n) is 11.1. The molecule has 1 N–H and O–H groups in total. The third kappa shape index (κ3) is 3.88. The molecule has 1 spiro atoms. The molecule has 0 bridgehead atoms. The third-order valence-corrected chi connectivity index (χ3v) is 9.49. The molecular formula is C29H33ClN2O3. The Morgan fingerprint density at radius 1 is 1.37 bits per heavy atom. The minimum atomic E-state index is -0.974.